The molecular formula is C17H24N2O3. The molecule has 22 heavy (non-hydrogen) atoms. The van der Waals surface area contributed by atoms with Gasteiger partial charge < -0.3 is 15.4 Å². The molecule has 0 aromatic heterocycles. The minimum absolute atomic E-state index is 0.0335. The number of benzene rings is 1. The molecule has 0 bridgehead atoms. The van der Waals surface area contributed by atoms with Gasteiger partial charge in [0.1, 0.15) is 5.75 Å². The van der Waals surface area contributed by atoms with Crippen LogP contribution in [-0.2, 0) is 16.0 Å². The predicted octanol–water partition coefficient (Wildman–Crippen LogP) is 1.74. The number of carbonyl (C=O) groups is 2. The highest BCUT2D eigenvalue weighted by Crippen LogP contribution is 2.22. The van der Waals surface area contributed by atoms with Gasteiger partial charge in [-0.05, 0) is 37.8 Å². The summed E-state index contributed by atoms with van der Waals surface area (Å²) in [5, 5.41) is 0. The minimum atomic E-state index is -0.530. The highest BCUT2D eigenvalue weighted by atomic mass is 16.5. The molecule has 1 fully saturated rings. The van der Waals surface area contributed by atoms with Crippen molar-refractivity contribution < 1.29 is 14.3 Å². The number of aryl methyl sites for hydroxylation is 1. The average molecular weight is 304 g/mol. The standard InChI is InChI=1S/C17H24N2O3/c1-3-13-6-4-5-7-15(13)22-12(2)17(21)19-10-8-14(9-11-19)16(18)20/h4-7,12,14H,3,8-11H2,1-2H3,(H2,18,20). The summed E-state index contributed by atoms with van der Waals surface area (Å²) in [6.45, 7) is 4.96. The number of para-hydroxylation sites is 1. The molecule has 5 heteroatoms. The number of ether oxygens (including phenoxy) is 1. The van der Waals surface area contributed by atoms with Crippen LogP contribution >= 0.6 is 0 Å². The van der Waals surface area contributed by atoms with Gasteiger partial charge in [-0.15, -0.1) is 0 Å². The summed E-state index contributed by atoms with van der Waals surface area (Å²) < 4.78 is 5.84. The lowest BCUT2D eigenvalue weighted by atomic mass is 9.96. The zero-order valence-electron chi connectivity index (χ0n) is 13.2. The third kappa shape index (κ3) is 3.78. The van der Waals surface area contributed by atoms with Crippen molar-refractivity contribution in [1.29, 1.82) is 0 Å². The van der Waals surface area contributed by atoms with E-state index in [4.69, 9.17) is 10.5 Å². The Morgan fingerprint density at radius 2 is 1.95 bits per heavy atom. The smallest absolute Gasteiger partial charge is 0.263 e. The third-order valence-corrected chi connectivity index (χ3v) is 4.21. The number of primary amides is 1. The van der Waals surface area contributed by atoms with E-state index in [2.05, 4.69) is 6.92 Å². The van der Waals surface area contributed by atoms with E-state index in [9.17, 15) is 9.59 Å². The largest absolute Gasteiger partial charge is 0.481 e. The monoisotopic (exact) mass is 304 g/mol. The van der Waals surface area contributed by atoms with Crippen molar-refractivity contribution in [1.82, 2.24) is 4.90 Å². The topological polar surface area (TPSA) is 72.6 Å². The highest BCUT2D eigenvalue weighted by molar-refractivity contribution is 5.82. The second-order valence-corrected chi connectivity index (χ2v) is 5.72. The Labute approximate surface area is 131 Å². The number of likely N-dealkylation sites (tertiary alicyclic amines) is 1. The molecule has 1 atom stereocenters. The number of rotatable bonds is 5. The van der Waals surface area contributed by atoms with E-state index in [1.807, 2.05) is 24.3 Å². The first-order valence-corrected chi connectivity index (χ1v) is 7.85. The van der Waals surface area contributed by atoms with E-state index in [0.717, 1.165) is 17.7 Å². The maximum absolute atomic E-state index is 12.5. The molecule has 1 aromatic carbocycles. The predicted molar refractivity (Wildman–Crippen MR) is 84.4 cm³/mol. The molecule has 1 aromatic rings. The molecule has 1 heterocycles. The molecule has 120 valence electrons. The summed E-state index contributed by atoms with van der Waals surface area (Å²) in [5.74, 6) is 0.348. The maximum atomic E-state index is 12.5. The fourth-order valence-corrected chi connectivity index (χ4v) is 2.79. The Balaban J connectivity index is 1.94. The second kappa shape index (κ2) is 7.29. The van der Waals surface area contributed by atoms with Crippen LogP contribution < -0.4 is 10.5 Å². The number of nitrogens with zero attached hydrogens (tertiary/aromatic N) is 1. The summed E-state index contributed by atoms with van der Waals surface area (Å²) in [6.07, 6.45) is 1.61. The van der Waals surface area contributed by atoms with Crippen LogP contribution in [0.4, 0.5) is 0 Å². The van der Waals surface area contributed by atoms with Crippen LogP contribution in [0.2, 0.25) is 0 Å². The van der Waals surface area contributed by atoms with Gasteiger partial charge >= 0.3 is 0 Å². The molecule has 1 aliphatic heterocycles. The molecule has 1 unspecified atom stereocenters. The highest BCUT2D eigenvalue weighted by Gasteiger charge is 2.29. The van der Waals surface area contributed by atoms with Crippen LogP contribution in [0.15, 0.2) is 24.3 Å². The summed E-state index contributed by atoms with van der Waals surface area (Å²) in [7, 11) is 0. The third-order valence-electron chi connectivity index (χ3n) is 4.21. The van der Waals surface area contributed by atoms with Crippen molar-refractivity contribution >= 4 is 11.8 Å². The molecule has 2 N–H and O–H groups in total. The first kappa shape index (κ1) is 16.3. The van der Waals surface area contributed by atoms with Gasteiger partial charge in [-0.2, -0.15) is 0 Å². The van der Waals surface area contributed by atoms with Gasteiger partial charge in [0.15, 0.2) is 6.10 Å². The van der Waals surface area contributed by atoms with Gasteiger partial charge in [-0.25, -0.2) is 0 Å². The number of amides is 2. The Hall–Kier alpha value is -2.04. The number of piperidine rings is 1. The average Bonchev–Trinajstić information content (AvgIpc) is 2.54. The van der Waals surface area contributed by atoms with Crippen LogP contribution in [0.25, 0.3) is 0 Å². The normalized spacial score (nSPS) is 17.1. The van der Waals surface area contributed by atoms with Gasteiger partial charge in [0, 0.05) is 19.0 Å². The van der Waals surface area contributed by atoms with E-state index in [-0.39, 0.29) is 17.7 Å². The molecule has 0 radical (unpaired) electrons. The van der Waals surface area contributed by atoms with Crippen LogP contribution in [-0.4, -0.2) is 35.9 Å². The summed E-state index contributed by atoms with van der Waals surface area (Å²) in [4.78, 5) is 25.4. The van der Waals surface area contributed by atoms with Crippen molar-refractivity contribution in [3.05, 3.63) is 29.8 Å². The first-order chi connectivity index (χ1) is 10.5. The van der Waals surface area contributed by atoms with Gasteiger partial charge in [-0.1, -0.05) is 25.1 Å². The molecule has 1 aliphatic rings. The summed E-state index contributed by atoms with van der Waals surface area (Å²) >= 11 is 0. The molecule has 2 rings (SSSR count). The molecular weight excluding hydrogens is 280 g/mol. The van der Waals surface area contributed by atoms with Crippen LogP contribution in [0, 0.1) is 5.92 Å². The van der Waals surface area contributed by atoms with E-state index in [1.165, 1.54) is 0 Å². The van der Waals surface area contributed by atoms with Crippen LogP contribution in [0.1, 0.15) is 32.3 Å². The van der Waals surface area contributed by atoms with E-state index in [1.54, 1.807) is 11.8 Å². The number of carbonyl (C=O) groups excluding carboxylic acids is 2. The van der Waals surface area contributed by atoms with Crippen molar-refractivity contribution in [2.24, 2.45) is 11.7 Å². The molecule has 0 spiro atoms. The Morgan fingerprint density at radius 1 is 1.32 bits per heavy atom. The quantitative estimate of drug-likeness (QED) is 0.900. The first-order valence-electron chi connectivity index (χ1n) is 7.85. The van der Waals surface area contributed by atoms with Crippen molar-refractivity contribution in [2.45, 2.75) is 39.2 Å². The maximum Gasteiger partial charge on any atom is 0.263 e. The van der Waals surface area contributed by atoms with Crippen molar-refractivity contribution in [3.63, 3.8) is 0 Å². The lowest BCUT2D eigenvalue weighted by molar-refractivity contribution is -0.140. The van der Waals surface area contributed by atoms with Crippen LogP contribution in [0.5, 0.6) is 5.75 Å². The summed E-state index contributed by atoms with van der Waals surface area (Å²) in [5.41, 5.74) is 6.41. The lowest BCUT2D eigenvalue weighted by Gasteiger charge is -2.32. The Kier molecular flexibility index (Phi) is 5.41. The number of hydrogen-bond donors (Lipinski definition) is 1. The van der Waals surface area contributed by atoms with Crippen molar-refractivity contribution in [2.75, 3.05) is 13.1 Å². The van der Waals surface area contributed by atoms with Gasteiger partial charge in [0.25, 0.3) is 5.91 Å². The van der Waals surface area contributed by atoms with Gasteiger partial charge in [0.05, 0.1) is 0 Å². The molecule has 0 saturated carbocycles. The molecule has 0 aliphatic carbocycles. The number of nitrogens with two attached hydrogens (primary N) is 1. The Bertz CT molecular complexity index is 536. The van der Waals surface area contributed by atoms with E-state index in [0.29, 0.717) is 25.9 Å². The van der Waals surface area contributed by atoms with E-state index < -0.39 is 6.10 Å². The van der Waals surface area contributed by atoms with Crippen molar-refractivity contribution in [3.8, 4) is 5.75 Å². The lowest BCUT2D eigenvalue weighted by Crippen LogP contribution is -2.46. The SMILES string of the molecule is CCc1ccccc1OC(C)C(=O)N1CCC(C(N)=O)CC1. The van der Waals surface area contributed by atoms with Gasteiger partial charge in [-0.3, -0.25) is 9.59 Å². The molecule has 5 nitrogen and oxygen atoms in total. The van der Waals surface area contributed by atoms with Gasteiger partial charge in [0.2, 0.25) is 5.91 Å². The zero-order valence-corrected chi connectivity index (χ0v) is 13.2. The molecule has 2 amide bonds. The fourth-order valence-electron chi connectivity index (χ4n) is 2.79. The van der Waals surface area contributed by atoms with Crippen LogP contribution in [0.3, 0.4) is 0 Å². The molecule has 1 saturated heterocycles. The zero-order chi connectivity index (χ0) is 16.1. The number of hydrogen-bond acceptors (Lipinski definition) is 3. The Morgan fingerprint density at radius 3 is 2.55 bits per heavy atom. The minimum Gasteiger partial charge on any atom is -0.481 e. The fraction of sp³-hybridized carbons (Fsp3) is 0.529. The van der Waals surface area contributed by atoms with E-state index >= 15 is 0 Å². The second-order valence-electron chi connectivity index (χ2n) is 5.72. The summed E-state index contributed by atoms with van der Waals surface area (Å²) in [6, 6.07) is 7.77.